The van der Waals surface area contributed by atoms with E-state index in [1.54, 1.807) is 0 Å². The summed E-state index contributed by atoms with van der Waals surface area (Å²) in [6.45, 7) is 2.93. The first kappa shape index (κ1) is 15.3. The summed E-state index contributed by atoms with van der Waals surface area (Å²) in [5.41, 5.74) is 3.95. The van der Waals surface area contributed by atoms with E-state index in [-0.39, 0.29) is 6.10 Å². The van der Waals surface area contributed by atoms with E-state index >= 15 is 0 Å². The summed E-state index contributed by atoms with van der Waals surface area (Å²) in [5.74, 6) is 0. The Balaban J connectivity index is 1.81. The largest absolute Gasteiger partial charge is 0.373 e. The highest BCUT2D eigenvalue weighted by atomic mass is 79.9. The molecule has 0 aliphatic rings. The highest BCUT2D eigenvalue weighted by molar-refractivity contribution is 9.09. The zero-order valence-corrected chi connectivity index (χ0v) is 13.5. The van der Waals surface area contributed by atoms with Crippen molar-refractivity contribution in [2.24, 2.45) is 0 Å². The van der Waals surface area contributed by atoms with Gasteiger partial charge in [-0.05, 0) is 36.5 Å². The average Bonchev–Trinajstić information content (AvgIpc) is 2.50. The van der Waals surface area contributed by atoms with E-state index in [1.165, 1.54) is 16.7 Å². The molecule has 0 spiro atoms. The zero-order chi connectivity index (χ0) is 14.2. The minimum atomic E-state index is 0.145. The van der Waals surface area contributed by atoms with Gasteiger partial charge in [0.1, 0.15) is 0 Å². The standard InChI is InChI=1S/C18H21BrO/c1-15-8-5-6-12-17(15)18(14-19)20-13-7-11-16-9-3-2-4-10-16/h2-6,8-10,12,18H,7,11,13-14H2,1H3. The van der Waals surface area contributed by atoms with Gasteiger partial charge >= 0.3 is 0 Å². The number of hydrogen-bond acceptors (Lipinski definition) is 1. The lowest BCUT2D eigenvalue weighted by Crippen LogP contribution is -2.09. The average molecular weight is 333 g/mol. The highest BCUT2D eigenvalue weighted by Crippen LogP contribution is 2.23. The lowest BCUT2D eigenvalue weighted by Gasteiger charge is -2.18. The van der Waals surface area contributed by atoms with Crippen molar-refractivity contribution < 1.29 is 4.74 Å². The Morgan fingerprint density at radius 2 is 1.70 bits per heavy atom. The molecule has 0 heterocycles. The summed E-state index contributed by atoms with van der Waals surface area (Å²) in [4.78, 5) is 0. The van der Waals surface area contributed by atoms with Crippen molar-refractivity contribution >= 4 is 15.9 Å². The van der Waals surface area contributed by atoms with Crippen LogP contribution in [0.3, 0.4) is 0 Å². The predicted octanol–water partition coefficient (Wildman–Crippen LogP) is 5.08. The molecule has 20 heavy (non-hydrogen) atoms. The third kappa shape index (κ3) is 4.46. The molecule has 0 radical (unpaired) electrons. The van der Waals surface area contributed by atoms with Crippen LogP contribution in [0.5, 0.6) is 0 Å². The molecule has 0 aliphatic heterocycles. The monoisotopic (exact) mass is 332 g/mol. The van der Waals surface area contributed by atoms with Crippen LogP contribution in [-0.2, 0) is 11.2 Å². The van der Waals surface area contributed by atoms with Crippen LogP contribution in [0.4, 0.5) is 0 Å². The number of hydrogen-bond donors (Lipinski definition) is 0. The first-order valence-corrected chi connectivity index (χ1v) is 8.20. The van der Waals surface area contributed by atoms with Gasteiger partial charge in [-0.2, -0.15) is 0 Å². The van der Waals surface area contributed by atoms with Crippen LogP contribution in [0.2, 0.25) is 0 Å². The number of alkyl halides is 1. The van der Waals surface area contributed by atoms with Gasteiger partial charge in [-0.25, -0.2) is 0 Å². The fraction of sp³-hybridized carbons (Fsp3) is 0.333. The van der Waals surface area contributed by atoms with Gasteiger partial charge in [0.05, 0.1) is 6.10 Å². The van der Waals surface area contributed by atoms with E-state index in [0.29, 0.717) is 0 Å². The fourth-order valence-electron chi connectivity index (χ4n) is 2.31. The molecule has 1 unspecified atom stereocenters. The SMILES string of the molecule is Cc1ccccc1C(CBr)OCCCc1ccccc1. The Labute approximate surface area is 130 Å². The van der Waals surface area contributed by atoms with Gasteiger partial charge in [0.2, 0.25) is 0 Å². The van der Waals surface area contributed by atoms with Gasteiger partial charge in [-0.3, -0.25) is 0 Å². The molecule has 0 N–H and O–H groups in total. The summed E-state index contributed by atoms with van der Waals surface area (Å²) >= 11 is 3.56. The van der Waals surface area contributed by atoms with Crippen LogP contribution in [-0.4, -0.2) is 11.9 Å². The maximum absolute atomic E-state index is 6.03. The lowest BCUT2D eigenvalue weighted by atomic mass is 10.0. The topological polar surface area (TPSA) is 9.23 Å². The summed E-state index contributed by atoms with van der Waals surface area (Å²) < 4.78 is 6.03. The molecule has 0 saturated carbocycles. The quantitative estimate of drug-likeness (QED) is 0.507. The van der Waals surface area contributed by atoms with Crippen molar-refractivity contribution in [2.45, 2.75) is 25.9 Å². The van der Waals surface area contributed by atoms with Gasteiger partial charge < -0.3 is 4.74 Å². The lowest BCUT2D eigenvalue weighted by molar-refractivity contribution is 0.0678. The van der Waals surface area contributed by atoms with E-state index in [2.05, 4.69) is 77.5 Å². The third-order valence-corrected chi connectivity index (χ3v) is 4.04. The molecule has 0 amide bonds. The zero-order valence-electron chi connectivity index (χ0n) is 11.9. The Hall–Kier alpha value is -1.12. The molecule has 0 aromatic heterocycles. The molecule has 0 saturated heterocycles. The summed E-state index contributed by atoms with van der Waals surface area (Å²) in [7, 11) is 0. The minimum absolute atomic E-state index is 0.145. The molecule has 2 aromatic carbocycles. The van der Waals surface area contributed by atoms with E-state index in [1.807, 2.05) is 0 Å². The molecule has 0 fully saturated rings. The molecule has 106 valence electrons. The van der Waals surface area contributed by atoms with Crippen molar-refractivity contribution in [1.82, 2.24) is 0 Å². The minimum Gasteiger partial charge on any atom is -0.373 e. The van der Waals surface area contributed by atoms with Crippen LogP contribution in [0.1, 0.15) is 29.2 Å². The molecule has 1 nitrogen and oxygen atoms in total. The number of halogens is 1. The molecular weight excluding hydrogens is 312 g/mol. The first-order chi connectivity index (χ1) is 9.81. The number of benzene rings is 2. The van der Waals surface area contributed by atoms with Gasteiger partial charge in [-0.1, -0.05) is 70.5 Å². The molecule has 2 heteroatoms. The summed E-state index contributed by atoms with van der Waals surface area (Å²) in [6, 6.07) is 19.0. The maximum Gasteiger partial charge on any atom is 0.0924 e. The Kier molecular flexibility index (Phi) is 6.28. The van der Waals surface area contributed by atoms with Crippen molar-refractivity contribution in [2.75, 3.05) is 11.9 Å². The van der Waals surface area contributed by atoms with E-state index in [0.717, 1.165) is 24.8 Å². The highest BCUT2D eigenvalue weighted by Gasteiger charge is 2.12. The third-order valence-electron chi connectivity index (χ3n) is 3.45. The van der Waals surface area contributed by atoms with E-state index in [4.69, 9.17) is 4.74 Å². The molecular formula is C18H21BrO. The maximum atomic E-state index is 6.03. The summed E-state index contributed by atoms with van der Waals surface area (Å²) in [6.07, 6.45) is 2.27. The Morgan fingerprint density at radius 3 is 2.40 bits per heavy atom. The van der Waals surface area contributed by atoms with Crippen LogP contribution >= 0.6 is 15.9 Å². The van der Waals surface area contributed by atoms with Crippen molar-refractivity contribution in [3.05, 3.63) is 71.3 Å². The Bertz CT molecular complexity index is 510. The normalized spacial score (nSPS) is 12.3. The van der Waals surface area contributed by atoms with E-state index < -0.39 is 0 Å². The smallest absolute Gasteiger partial charge is 0.0924 e. The molecule has 1 atom stereocenters. The number of aryl methyl sites for hydroxylation is 2. The summed E-state index contributed by atoms with van der Waals surface area (Å²) in [5, 5.41) is 0.836. The van der Waals surface area contributed by atoms with Crippen LogP contribution in [0, 0.1) is 6.92 Å². The van der Waals surface area contributed by atoms with Gasteiger partial charge in [-0.15, -0.1) is 0 Å². The predicted molar refractivity (Wildman–Crippen MR) is 88.4 cm³/mol. The first-order valence-electron chi connectivity index (χ1n) is 7.08. The number of ether oxygens (including phenoxy) is 1. The van der Waals surface area contributed by atoms with Crippen LogP contribution < -0.4 is 0 Å². The van der Waals surface area contributed by atoms with E-state index in [9.17, 15) is 0 Å². The van der Waals surface area contributed by atoms with Gasteiger partial charge in [0, 0.05) is 11.9 Å². The molecule has 2 aromatic rings. The second-order valence-corrected chi connectivity index (χ2v) is 5.61. The van der Waals surface area contributed by atoms with Crippen molar-refractivity contribution in [3.8, 4) is 0 Å². The van der Waals surface area contributed by atoms with Crippen molar-refractivity contribution in [1.29, 1.82) is 0 Å². The fourth-order valence-corrected chi connectivity index (χ4v) is 2.85. The Morgan fingerprint density at radius 1 is 1.00 bits per heavy atom. The van der Waals surface area contributed by atoms with Crippen LogP contribution in [0.25, 0.3) is 0 Å². The molecule has 0 bridgehead atoms. The van der Waals surface area contributed by atoms with Gasteiger partial charge in [0.15, 0.2) is 0 Å². The van der Waals surface area contributed by atoms with Crippen LogP contribution in [0.15, 0.2) is 54.6 Å². The second kappa shape index (κ2) is 8.23. The molecule has 2 rings (SSSR count). The van der Waals surface area contributed by atoms with Gasteiger partial charge in [0.25, 0.3) is 0 Å². The molecule has 0 aliphatic carbocycles. The number of rotatable bonds is 7. The van der Waals surface area contributed by atoms with Crippen molar-refractivity contribution in [3.63, 3.8) is 0 Å². The second-order valence-electron chi connectivity index (χ2n) is 4.96.